The zero-order valence-electron chi connectivity index (χ0n) is 12.9. The molecule has 3 rings (SSSR count). The average molecular weight is 324 g/mol. The molecule has 1 saturated carbocycles. The van der Waals surface area contributed by atoms with Gasteiger partial charge in [-0.25, -0.2) is 0 Å². The van der Waals surface area contributed by atoms with Gasteiger partial charge < -0.3 is 11.1 Å². The first-order valence-corrected chi connectivity index (χ1v) is 8.04. The van der Waals surface area contributed by atoms with Gasteiger partial charge in [0.25, 0.3) is 0 Å². The van der Waals surface area contributed by atoms with Crippen molar-refractivity contribution in [1.29, 1.82) is 0 Å². The van der Waals surface area contributed by atoms with Crippen LogP contribution in [0.15, 0.2) is 30.3 Å². The molecule has 0 aromatic heterocycles. The van der Waals surface area contributed by atoms with Crippen LogP contribution in [-0.4, -0.2) is 36.5 Å². The molecule has 1 amide bonds. The van der Waals surface area contributed by atoms with Crippen molar-refractivity contribution in [2.24, 2.45) is 11.7 Å². The fraction of sp³-hybridized carbons (Fsp3) is 0.588. The Morgan fingerprint density at radius 3 is 2.41 bits per heavy atom. The van der Waals surface area contributed by atoms with Crippen LogP contribution in [0.25, 0.3) is 0 Å². The smallest absolute Gasteiger partial charge is 0.234 e. The average Bonchev–Trinajstić information content (AvgIpc) is 3.33. The molecule has 5 heteroatoms. The predicted octanol–water partition coefficient (Wildman–Crippen LogP) is 2.10. The number of nitrogens with two attached hydrogens (primary N) is 1. The molecule has 1 heterocycles. The van der Waals surface area contributed by atoms with Gasteiger partial charge in [-0.15, -0.1) is 12.4 Å². The van der Waals surface area contributed by atoms with Gasteiger partial charge in [0.15, 0.2) is 0 Å². The highest BCUT2D eigenvalue weighted by molar-refractivity contribution is 5.85. The van der Waals surface area contributed by atoms with E-state index in [1.807, 2.05) is 18.2 Å². The second-order valence-corrected chi connectivity index (χ2v) is 6.41. The van der Waals surface area contributed by atoms with Crippen molar-refractivity contribution in [2.45, 2.75) is 37.8 Å². The van der Waals surface area contributed by atoms with Crippen LogP contribution in [-0.2, 0) is 4.79 Å². The molecule has 1 atom stereocenters. The largest absolute Gasteiger partial charge is 0.348 e. The molecule has 3 N–H and O–H groups in total. The number of nitrogens with zero attached hydrogens (tertiary/aromatic N) is 1. The zero-order valence-corrected chi connectivity index (χ0v) is 13.7. The van der Waals surface area contributed by atoms with Gasteiger partial charge in [0.1, 0.15) is 0 Å². The van der Waals surface area contributed by atoms with E-state index in [-0.39, 0.29) is 24.4 Å². The van der Waals surface area contributed by atoms with Crippen LogP contribution in [0.4, 0.5) is 0 Å². The third kappa shape index (κ3) is 4.70. The van der Waals surface area contributed by atoms with Crippen molar-refractivity contribution >= 4 is 18.3 Å². The summed E-state index contributed by atoms with van der Waals surface area (Å²) in [6.07, 6.45) is 4.44. The minimum Gasteiger partial charge on any atom is -0.348 e. The fourth-order valence-electron chi connectivity index (χ4n) is 3.10. The van der Waals surface area contributed by atoms with Gasteiger partial charge in [-0.1, -0.05) is 30.3 Å². The molecule has 1 aliphatic heterocycles. The predicted molar refractivity (Wildman–Crippen MR) is 90.9 cm³/mol. The first-order valence-electron chi connectivity index (χ1n) is 8.04. The maximum absolute atomic E-state index is 12.3. The van der Waals surface area contributed by atoms with E-state index in [0.717, 1.165) is 25.9 Å². The summed E-state index contributed by atoms with van der Waals surface area (Å²) in [7, 11) is 0. The van der Waals surface area contributed by atoms with Gasteiger partial charge >= 0.3 is 0 Å². The van der Waals surface area contributed by atoms with E-state index in [1.165, 1.54) is 18.4 Å². The lowest BCUT2D eigenvalue weighted by Gasteiger charge is -2.30. The van der Waals surface area contributed by atoms with Crippen molar-refractivity contribution in [3.8, 4) is 0 Å². The van der Waals surface area contributed by atoms with E-state index < -0.39 is 0 Å². The van der Waals surface area contributed by atoms with E-state index >= 15 is 0 Å². The normalized spacial score (nSPS) is 21.0. The molecule has 1 unspecified atom stereocenters. The zero-order chi connectivity index (χ0) is 14.7. The topological polar surface area (TPSA) is 58.4 Å². The molecule has 2 aliphatic rings. The summed E-state index contributed by atoms with van der Waals surface area (Å²) in [5.74, 6) is 0.761. The van der Waals surface area contributed by atoms with Crippen molar-refractivity contribution in [3.05, 3.63) is 35.9 Å². The molecule has 0 radical (unpaired) electrons. The Morgan fingerprint density at radius 2 is 1.82 bits per heavy atom. The summed E-state index contributed by atoms with van der Waals surface area (Å²) in [6, 6.07) is 10.8. The molecular weight excluding hydrogens is 298 g/mol. The number of hydrogen-bond donors (Lipinski definition) is 2. The quantitative estimate of drug-likeness (QED) is 0.872. The summed E-state index contributed by atoms with van der Waals surface area (Å²) in [4.78, 5) is 14.5. The third-order valence-electron chi connectivity index (χ3n) is 4.57. The lowest BCUT2D eigenvalue weighted by atomic mass is 10.0. The third-order valence-corrected chi connectivity index (χ3v) is 4.57. The number of benzene rings is 1. The van der Waals surface area contributed by atoms with Gasteiger partial charge in [0.2, 0.25) is 5.91 Å². The maximum atomic E-state index is 12.3. The number of rotatable bonds is 5. The number of nitrogens with one attached hydrogen (secondary N) is 1. The van der Waals surface area contributed by atoms with Gasteiger partial charge in [0.05, 0.1) is 12.6 Å². The van der Waals surface area contributed by atoms with Crippen LogP contribution in [0.5, 0.6) is 0 Å². The van der Waals surface area contributed by atoms with Gasteiger partial charge in [-0.05, 0) is 37.2 Å². The first-order chi connectivity index (χ1) is 10.2. The van der Waals surface area contributed by atoms with Crippen LogP contribution in [0.1, 0.15) is 37.3 Å². The fourth-order valence-corrected chi connectivity index (χ4v) is 3.10. The first kappa shape index (κ1) is 17.3. The van der Waals surface area contributed by atoms with E-state index in [1.54, 1.807) is 0 Å². The highest BCUT2D eigenvalue weighted by Gasteiger charge is 2.33. The Labute approximate surface area is 138 Å². The Morgan fingerprint density at radius 1 is 1.18 bits per heavy atom. The number of hydrogen-bond acceptors (Lipinski definition) is 3. The lowest BCUT2D eigenvalue weighted by Crippen LogP contribution is -2.45. The number of halogens is 1. The number of carbonyl (C=O) groups is 1. The van der Waals surface area contributed by atoms with Crippen molar-refractivity contribution < 1.29 is 4.79 Å². The van der Waals surface area contributed by atoms with E-state index in [4.69, 9.17) is 5.73 Å². The number of carbonyl (C=O) groups excluding carboxylic acids is 1. The Kier molecular flexibility index (Phi) is 6.24. The number of likely N-dealkylation sites (tertiary alicyclic amines) is 1. The maximum Gasteiger partial charge on any atom is 0.234 e. The van der Waals surface area contributed by atoms with E-state index in [0.29, 0.717) is 18.5 Å². The van der Waals surface area contributed by atoms with Crippen molar-refractivity contribution in [2.75, 3.05) is 19.6 Å². The second-order valence-electron chi connectivity index (χ2n) is 6.41. The van der Waals surface area contributed by atoms with E-state index in [2.05, 4.69) is 22.3 Å². The molecular formula is C17H26ClN3O. The molecule has 2 fully saturated rings. The molecule has 0 bridgehead atoms. The molecule has 1 saturated heterocycles. The highest BCUT2D eigenvalue weighted by Crippen LogP contribution is 2.40. The molecule has 1 aliphatic carbocycles. The summed E-state index contributed by atoms with van der Waals surface area (Å²) < 4.78 is 0. The van der Waals surface area contributed by atoms with Crippen LogP contribution in [0, 0.1) is 5.92 Å². The minimum atomic E-state index is 0. The minimum absolute atomic E-state index is 0. The van der Waals surface area contributed by atoms with Gasteiger partial charge in [-0.3, -0.25) is 9.69 Å². The molecule has 1 aromatic rings. The Balaban J connectivity index is 0.00000176. The molecule has 4 nitrogen and oxygen atoms in total. The molecule has 0 spiro atoms. The van der Waals surface area contributed by atoms with Gasteiger partial charge in [0, 0.05) is 19.1 Å². The van der Waals surface area contributed by atoms with Crippen LogP contribution in [0.3, 0.4) is 0 Å². The van der Waals surface area contributed by atoms with E-state index in [9.17, 15) is 4.79 Å². The van der Waals surface area contributed by atoms with Gasteiger partial charge in [-0.2, -0.15) is 0 Å². The van der Waals surface area contributed by atoms with Crippen LogP contribution in [0.2, 0.25) is 0 Å². The molecule has 122 valence electrons. The molecule has 1 aromatic carbocycles. The summed E-state index contributed by atoms with van der Waals surface area (Å²) >= 11 is 0. The number of piperidine rings is 1. The summed E-state index contributed by atoms with van der Waals surface area (Å²) in [5, 5.41) is 3.24. The van der Waals surface area contributed by atoms with Crippen molar-refractivity contribution in [3.63, 3.8) is 0 Å². The SMILES string of the molecule is Cl.NC1CCN(CC(=O)NC(c2ccccc2)C2CC2)CC1. The van der Waals surface area contributed by atoms with Crippen molar-refractivity contribution in [1.82, 2.24) is 10.2 Å². The lowest BCUT2D eigenvalue weighted by molar-refractivity contribution is -0.123. The highest BCUT2D eigenvalue weighted by atomic mass is 35.5. The van der Waals surface area contributed by atoms with Crippen LogP contribution >= 0.6 is 12.4 Å². The number of amides is 1. The Bertz CT molecular complexity index is 470. The Hall–Kier alpha value is -1.10. The standard InChI is InChI=1S/C17H25N3O.ClH/c18-15-8-10-20(11-9-15)12-16(21)19-17(14-6-7-14)13-4-2-1-3-5-13;/h1-5,14-15,17H,6-12,18H2,(H,19,21);1H. The molecule has 22 heavy (non-hydrogen) atoms. The van der Waals surface area contributed by atoms with Crippen LogP contribution < -0.4 is 11.1 Å². The second kappa shape index (κ2) is 7.95. The summed E-state index contributed by atoms with van der Waals surface area (Å²) in [5.41, 5.74) is 7.14. The summed E-state index contributed by atoms with van der Waals surface area (Å²) in [6.45, 7) is 2.38. The monoisotopic (exact) mass is 323 g/mol.